The third-order valence-corrected chi connectivity index (χ3v) is 7.38. The maximum atomic E-state index is 14.1. The van der Waals surface area contributed by atoms with E-state index in [9.17, 15) is 18.0 Å². The molecule has 0 radical (unpaired) electrons. The fourth-order valence-electron chi connectivity index (χ4n) is 4.49. The third kappa shape index (κ3) is 7.68. The Bertz CT molecular complexity index is 1320. The van der Waals surface area contributed by atoms with Gasteiger partial charge in [-0.2, -0.15) is 0 Å². The Kier molecular flexibility index (Phi) is 9.69. The molecule has 0 heterocycles. The van der Waals surface area contributed by atoms with Gasteiger partial charge in [-0.1, -0.05) is 78.9 Å². The number of anilines is 1. The molecule has 0 aliphatic rings. The molecule has 2 amide bonds. The van der Waals surface area contributed by atoms with E-state index in [4.69, 9.17) is 0 Å². The Morgan fingerprint density at radius 1 is 0.816 bits per heavy atom. The Morgan fingerprint density at radius 2 is 1.34 bits per heavy atom. The van der Waals surface area contributed by atoms with Gasteiger partial charge in [-0.25, -0.2) is 8.42 Å². The fraction of sp³-hybridized carbons (Fsp3) is 0.333. The van der Waals surface area contributed by atoms with Crippen LogP contribution in [0.1, 0.15) is 36.1 Å². The first-order valence-electron chi connectivity index (χ1n) is 12.7. The minimum Gasteiger partial charge on any atom is -0.352 e. The van der Waals surface area contributed by atoms with Gasteiger partial charge in [0.05, 0.1) is 11.9 Å². The largest absolute Gasteiger partial charge is 0.352 e. The first-order chi connectivity index (χ1) is 18.0. The number of nitrogens with one attached hydrogen (secondary N) is 1. The van der Waals surface area contributed by atoms with E-state index in [-0.39, 0.29) is 18.5 Å². The van der Waals surface area contributed by atoms with Crippen molar-refractivity contribution >= 4 is 27.5 Å². The summed E-state index contributed by atoms with van der Waals surface area (Å²) in [6.45, 7) is 7.12. The number of hydrogen-bond donors (Lipinski definition) is 1. The smallest absolute Gasteiger partial charge is 0.244 e. The van der Waals surface area contributed by atoms with E-state index in [1.807, 2.05) is 107 Å². The van der Waals surface area contributed by atoms with Crippen LogP contribution < -0.4 is 9.62 Å². The minimum absolute atomic E-state index is 0.128. The highest BCUT2D eigenvalue weighted by Crippen LogP contribution is 2.27. The number of benzene rings is 3. The lowest BCUT2D eigenvalue weighted by Gasteiger charge is -2.34. The summed E-state index contributed by atoms with van der Waals surface area (Å²) in [6.07, 6.45) is 1.39. The second kappa shape index (κ2) is 12.7. The molecule has 202 valence electrons. The van der Waals surface area contributed by atoms with Gasteiger partial charge in [-0.15, -0.1) is 0 Å². The van der Waals surface area contributed by atoms with E-state index in [1.54, 1.807) is 0 Å². The van der Waals surface area contributed by atoms with Crippen molar-refractivity contribution in [1.29, 1.82) is 0 Å². The van der Waals surface area contributed by atoms with Crippen molar-refractivity contribution in [3.8, 4) is 0 Å². The lowest BCUT2D eigenvalue weighted by Crippen LogP contribution is -2.54. The molecule has 0 aliphatic heterocycles. The lowest BCUT2D eigenvalue weighted by molar-refractivity contribution is -0.140. The summed E-state index contributed by atoms with van der Waals surface area (Å²) in [7, 11) is -3.80. The summed E-state index contributed by atoms with van der Waals surface area (Å²) < 4.78 is 27.1. The van der Waals surface area contributed by atoms with Crippen LogP contribution in [-0.4, -0.2) is 50.0 Å². The van der Waals surface area contributed by atoms with Gasteiger partial charge < -0.3 is 10.2 Å². The maximum absolute atomic E-state index is 14.1. The topological polar surface area (TPSA) is 86.8 Å². The molecule has 8 heteroatoms. The van der Waals surface area contributed by atoms with Crippen LogP contribution in [0.4, 0.5) is 5.69 Å². The maximum Gasteiger partial charge on any atom is 0.244 e. The number of rotatable bonds is 11. The Morgan fingerprint density at radius 3 is 1.84 bits per heavy atom. The summed E-state index contributed by atoms with van der Waals surface area (Å²) in [6, 6.07) is 23.4. The quantitative estimate of drug-likeness (QED) is 0.398. The SMILES string of the molecule is Cc1cccc(C)c1N(CC(=O)N(Cc1ccccc1)[C@@H](Cc1ccccc1)C(=O)NC(C)C)S(C)(=O)=O. The lowest BCUT2D eigenvalue weighted by atomic mass is 10.0. The summed E-state index contributed by atoms with van der Waals surface area (Å²) in [5.74, 6) is -0.743. The fourth-order valence-corrected chi connectivity index (χ4v) is 5.45. The first kappa shape index (κ1) is 28.9. The minimum atomic E-state index is -3.80. The zero-order valence-corrected chi connectivity index (χ0v) is 23.5. The molecule has 0 bridgehead atoms. The molecule has 0 spiro atoms. The monoisotopic (exact) mass is 535 g/mol. The average Bonchev–Trinajstić information content (AvgIpc) is 2.85. The summed E-state index contributed by atoms with van der Waals surface area (Å²) in [5.41, 5.74) is 3.72. The second-order valence-electron chi connectivity index (χ2n) is 9.89. The molecule has 3 rings (SSSR count). The standard InChI is InChI=1S/C30H37N3O4S/c1-22(2)31-30(35)27(19-25-15-8-6-9-16-25)32(20-26-17-10-7-11-18-26)28(34)21-33(38(5,36)37)29-23(3)13-12-14-24(29)4/h6-18,22,27H,19-21H2,1-5H3,(H,31,35)/t27-/m0/s1. The van der Waals surface area contributed by atoms with Crippen LogP contribution in [0.3, 0.4) is 0 Å². The van der Waals surface area contributed by atoms with Crippen molar-refractivity contribution in [3.63, 3.8) is 0 Å². The van der Waals surface area contributed by atoms with Gasteiger partial charge in [0.1, 0.15) is 12.6 Å². The van der Waals surface area contributed by atoms with Gasteiger partial charge in [0, 0.05) is 19.0 Å². The van der Waals surface area contributed by atoms with E-state index in [2.05, 4.69) is 5.32 Å². The summed E-state index contributed by atoms with van der Waals surface area (Å²) in [5, 5.41) is 2.95. The molecule has 38 heavy (non-hydrogen) atoms. The van der Waals surface area contributed by atoms with Gasteiger partial charge in [-0.05, 0) is 49.9 Å². The Balaban J connectivity index is 2.07. The van der Waals surface area contributed by atoms with Gasteiger partial charge in [-0.3, -0.25) is 13.9 Å². The zero-order chi connectivity index (χ0) is 27.9. The number of carbonyl (C=O) groups is 2. The molecule has 3 aromatic rings. The van der Waals surface area contributed by atoms with Crippen LogP contribution in [0, 0.1) is 13.8 Å². The van der Waals surface area contributed by atoms with Crippen molar-refractivity contribution in [2.75, 3.05) is 17.1 Å². The molecule has 1 atom stereocenters. The Hall–Kier alpha value is -3.65. The molecule has 0 saturated carbocycles. The molecule has 7 nitrogen and oxygen atoms in total. The van der Waals surface area contributed by atoms with Gasteiger partial charge in [0.2, 0.25) is 21.8 Å². The zero-order valence-electron chi connectivity index (χ0n) is 22.7. The van der Waals surface area contributed by atoms with Crippen molar-refractivity contribution in [2.24, 2.45) is 0 Å². The first-order valence-corrected chi connectivity index (χ1v) is 14.5. The molecular weight excluding hydrogens is 498 g/mol. The average molecular weight is 536 g/mol. The molecule has 0 aromatic heterocycles. The highest BCUT2D eigenvalue weighted by atomic mass is 32.2. The highest BCUT2D eigenvalue weighted by molar-refractivity contribution is 7.92. The number of sulfonamides is 1. The summed E-state index contributed by atoms with van der Waals surface area (Å²) in [4.78, 5) is 29.1. The van der Waals surface area contributed by atoms with Gasteiger partial charge >= 0.3 is 0 Å². The van der Waals surface area contributed by atoms with Crippen molar-refractivity contribution in [2.45, 2.75) is 52.7 Å². The van der Waals surface area contributed by atoms with Crippen molar-refractivity contribution < 1.29 is 18.0 Å². The van der Waals surface area contributed by atoms with Crippen LogP contribution in [0.25, 0.3) is 0 Å². The van der Waals surface area contributed by atoms with Crippen molar-refractivity contribution in [1.82, 2.24) is 10.2 Å². The predicted octanol–water partition coefficient (Wildman–Crippen LogP) is 4.23. The van der Waals surface area contributed by atoms with Crippen LogP contribution in [0.2, 0.25) is 0 Å². The van der Waals surface area contributed by atoms with Crippen LogP contribution >= 0.6 is 0 Å². The third-order valence-electron chi connectivity index (χ3n) is 6.27. The van der Waals surface area contributed by atoms with Crippen LogP contribution in [0.15, 0.2) is 78.9 Å². The molecule has 0 saturated heterocycles. The normalized spacial score (nSPS) is 12.2. The number of carbonyl (C=O) groups excluding carboxylic acids is 2. The molecule has 1 N–H and O–H groups in total. The summed E-state index contributed by atoms with van der Waals surface area (Å²) >= 11 is 0. The van der Waals surface area contributed by atoms with Crippen LogP contribution in [0.5, 0.6) is 0 Å². The van der Waals surface area contributed by atoms with E-state index in [1.165, 1.54) is 4.90 Å². The molecule has 0 unspecified atom stereocenters. The van der Waals surface area contributed by atoms with E-state index >= 15 is 0 Å². The van der Waals surface area contributed by atoms with Crippen LogP contribution in [-0.2, 0) is 32.6 Å². The number of hydrogen-bond acceptors (Lipinski definition) is 4. The number of nitrogens with zero attached hydrogens (tertiary/aromatic N) is 2. The predicted molar refractivity (Wildman–Crippen MR) is 152 cm³/mol. The molecule has 0 aliphatic carbocycles. The van der Waals surface area contributed by atoms with E-state index in [0.717, 1.165) is 32.8 Å². The molecule has 3 aromatic carbocycles. The molecular formula is C30H37N3O4S. The highest BCUT2D eigenvalue weighted by Gasteiger charge is 2.33. The Labute approximate surface area is 226 Å². The van der Waals surface area contributed by atoms with E-state index in [0.29, 0.717) is 12.1 Å². The number of aryl methyl sites for hydroxylation is 2. The van der Waals surface area contributed by atoms with Gasteiger partial charge in [0.15, 0.2) is 0 Å². The molecule has 0 fully saturated rings. The van der Waals surface area contributed by atoms with Crippen molar-refractivity contribution in [3.05, 3.63) is 101 Å². The number of para-hydroxylation sites is 1. The van der Waals surface area contributed by atoms with E-state index < -0.39 is 28.5 Å². The second-order valence-corrected chi connectivity index (χ2v) is 11.8. The number of amides is 2. The van der Waals surface area contributed by atoms with Gasteiger partial charge in [0.25, 0.3) is 0 Å².